The molecule has 13 unspecified atom stereocenters. The number of aromatic nitrogens is 1. The van der Waals surface area contributed by atoms with Crippen LogP contribution in [0.5, 0.6) is 0 Å². The number of urea groups is 1. The largest absolute Gasteiger partial charge is 0.481 e. The Hall–Kier alpha value is -12.9. The number of aliphatic hydroxyl groups excluding tert-OH is 1. The molecule has 0 spiro atoms. The molecule has 0 bridgehead atoms. The molecule has 4 rings (SSSR count). The number of carbonyl (C=O) groups excluding carboxylic acids is 16. The number of nitrogens with two attached hydrogens (primary N) is 3. The van der Waals surface area contributed by atoms with Crippen molar-refractivity contribution in [3.63, 3.8) is 0 Å². The number of hydrogen-bond donors (Lipinski definition) is 23. The number of rotatable bonds is 35. The van der Waals surface area contributed by atoms with Crippen molar-refractivity contribution in [3.8, 4) is 0 Å². The number of cyclic esters (lactones) is 1. The van der Waals surface area contributed by atoms with Crippen LogP contribution in [0.15, 0.2) is 54.7 Å². The number of amides is 15. The highest BCUT2D eigenvalue weighted by Crippen LogP contribution is 2.21. The van der Waals surface area contributed by atoms with E-state index in [1.807, 2.05) is 16.0 Å². The number of ketones is 1. The number of anilines is 1. The molecular formula is C72H102N18O26. The lowest BCUT2D eigenvalue weighted by Gasteiger charge is -2.30. The van der Waals surface area contributed by atoms with E-state index in [1.54, 1.807) is 30.5 Å². The number of carboxylic acid groups (broad SMARTS) is 4. The first-order valence-corrected chi connectivity index (χ1v) is 37.1. The number of unbranched alkanes of at least 4 members (excludes halogenated alkanes) is 6. The second kappa shape index (κ2) is 48.2. The lowest BCUT2D eigenvalue weighted by Crippen LogP contribution is -2.62. The van der Waals surface area contributed by atoms with Crippen LogP contribution in [0.4, 0.5) is 10.5 Å². The molecule has 0 aliphatic carbocycles. The zero-order valence-electron chi connectivity index (χ0n) is 64.1. The lowest BCUT2D eigenvalue weighted by atomic mass is 9.96. The number of H-pyrrole nitrogens is 1. The number of hydrogen-bond acceptors (Lipinski definition) is 24. The van der Waals surface area contributed by atoms with Gasteiger partial charge in [-0.2, -0.15) is 0 Å². The van der Waals surface area contributed by atoms with E-state index in [0.29, 0.717) is 22.9 Å². The van der Waals surface area contributed by atoms with Gasteiger partial charge in [0.15, 0.2) is 5.78 Å². The Balaban J connectivity index is 1.87. The third-order valence-electron chi connectivity index (χ3n) is 17.9. The molecule has 44 nitrogen and oxygen atoms in total. The first kappa shape index (κ1) is 95.5. The molecule has 0 radical (unpaired) electrons. The molecule has 2 heterocycles. The number of aliphatic carboxylic acids is 4. The van der Waals surface area contributed by atoms with Gasteiger partial charge in [0, 0.05) is 47.7 Å². The van der Waals surface area contributed by atoms with Gasteiger partial charge in [0.25, 0.3) is 0 Å². The molecule has 15 amide bonds. The molecule has 3 aromatic rings. The average molecular weight is 1640 g/mol. The van der Waals surface area contributed by atoms with Gasteiger partial charge in [-0.3, -0.25) is 86.3 Å². The van der Waals surface area contributed by atoms with Crippen LogP contribution < -0.4 is 91.6 Å². The number of benzene rings is 2. The monoisotopic (exact) mass is 1630 g/mol. The van der Waals surface area contributed by atoms with E-state index in [0.717, 1.165) is 59.3 Å². The Kier molecular flexibility index (Phi) is 39.7. The number of para-hydroxylation sites is 2. The van der Waals surface area contributed by atoms with Crippen molar-refractivity contribution in [1.29, 1.82) is 0 Å². The standard InChI is InChI=1S/C72H102N18O26/c1-5-6-7-8-9-10-15-23-76-72(115)88-44(25-38-31-77-42-20-14-12-17-39(38)42)65(108)84-45(27-52(75)93)66(109)86-48(30-58(102)103)67(110)90-60-37(4)116-71(114)49(26-51(92)40-18-11-13-19-41(40)74)87-70(113)59(35(2)24-55(96)97)89-68(111)50(34-91)82-54(95)32-78-62(105)46(28-56(98)99)83-61(104)36(3)80-64(107)47(29-57(100)101)85-63(106)43(21-16-22-73)81-53(94)33-79-69(60)112/h11-14,17-20,31,35-37,43-50,59-60,77,91H,5-10,15-16,21-30,32-34,73-74H2,1-4H3,(H2,75,93)(H,78,105)(H,79,112)(H,80,107)(H,81,94)(H,82,95)(H,83,104)(H,84,108)(H,85,106)(H,86,109)(H,87,113)(H,89,111)(H,90,110)(H,96,97)(H,98,99)(H,100,101)(H,102,103)(H2,76,88,115). The summed E-state index contributed by atoms with van der Waals surface area (Å²) in [5.74, 6) is -29.3. The molecule has 44 heteroatoms. The summed E-state index contributed by atoms with van der Waals surface area (Å²) in [7, 11) is 0. The molecule has 2 aromatic carbocycles. The highest BCUT2D eigenvalue weighted by atomic mass is 16.5. The zero-order chi connectivity index (χ0) is 86.5. The minimum absolute atomic E-state index is 0.0958. The molecule has 116 heavy (non-hydrogen) atoms. The normalized spacial score (nSPS) is 21.1. The number of fused-ring (bicyclic) bond motifs is 1. The van der Waals surface area contributed by atoms with Crippen LogP contribution in [-0.4, -0.2) is 254 Å². The Morgan fingerprint density at radius 1 is 0.552 bits per heavy atom. The van der Waals surface area contributed by atoms with E-state index < -0.39 is 262 Å². The van der Waals surface area contributed by atoms with Crippen molar-refractivity contribution in [3.05, 3.63) is 65.9 Å². The van der Waals surface area contributed by atoms with E-state index in [4.69, 9.17) is 21.9 Å². The fourth-order valence-corrected chi connectivity index (χ4v) is 11.7. The van der Waals surface area contributed by atoms with Gasteiger partial charge in [0.2, 0.25) is 76.8 Å². The second-order valence-electron chi connectivity index (χ2n) is 27.3. The summed E-state index contributed by atoms with van der Waals surface area (Å²) in [6, 6.07) is -11.5. The minimum atomic E-state index is -2.45. The van der Waals surface area contributed by atoms with E-state index in [9.17, 15) is 121 Å². The van der Waals surface area contributed by atoms with E-state index in [-0.39, 0.29) is 37.2 Å². The number of Topliss-reactive ketones (excluding diaryl/α,β-unsaturated/α-hetero) is 1. The van der Waals surface area contributed by atoms with E-state index in [2.05, 4.69) is 70.4 Å². The van der Waals surface area contributed by atoms with Crippen molar-refractivity contribution in [1.82, 2.24) is 79.4 Å². The topological polar surface area (TPSA) is 714 Å². The molecule has 0 saturated carbocycles. The van der Waals surface area contributed by atoms with Crippen LogP contribution in [0.2, 0.25) is 0 Å². The number of carboxylic acids is 4. The molecule has 1 aromatic heterocycles. The molecule has 1 fully saturated rings. The number of primary amides is 1. The Morgan fingerprint density at radius 3 is 1.70 bits per heavy atom. The summed E-state index contributed by atoms with van der Waals surface area (Å²) in [6.07, 6.45) is -1.97. The van der Waals surface area contributed by atoms with Crippen molar-refractivity contribution in [2.75, 3.05) is 38.5 Å². The number of nitrogen functional groups attached to an aromatic ring is 1. The van der Waals surface area contributed by atoms with Gasteiger partial charge < -0.3 is 127 Å². The summed E-state index contributed by atoms with van der Waals surface area (Å²) in [4.78, 5) is 276. The smallest absolute Gasteiger partial charge is 0.329 e. The molecule has 13 atom stereocenters. The van der Waals surface area contributed by atoms with Crippen LogP contribution in [-0.2, 0) is 97.5 Å². The zero-order valence-corrected chi connectivity index (χ0v) is 64.1. The third-order valence-corrected chi connectivity index (χ3v) is 17.9. The number of carbonyl (C=O) groups is 20. The number of esters is 1. The van der Waals surface area contributed by atoms with Crippen molar-refractivity contribution in [2.24, 2.45) is 17.4 Å². The predicted octanol–water partition coefficient (Wildman–Crippen LogP) is -5.83. The lowest BCUT2D eigenvalue weighted by molar-refractivity contribution is -0.156. The number of aliphatic hydroxyl groups is 1. The van der Waals surface area contributed by atoms with Crippen LogP contribution >= 0.6 is 0 Å². The molecule has 26 N–H and O–H groups in total. The Labute approximate surface area is 663 Å². The average Bonchev–Trinajstić information content (AvgIpc) is 1.62. The van der Waals surface area contributed by atoms with Gasteiger partial charge in [-0.15, -0.1) is 0 Å². The first-order chi connectivity index (χ1) is 54.9. The molecule has 1 aliphatic heterocycles. The molecule has 1 saturated heterocycles. The van der Waals surface area contributed by atoms with Crippen LogP contribution in [0.1, 0.15) is 140 Å². The maximum Gasteiger partial charge on any atom is 0.329 e. The first-order valence-electron chi connectivity index (χ1n) is 37.1. The fourth-order valence-electron chi connectivity index (χ4n) is 11.7. The summed E-state index contributed by atoms with van der Waals surface area (Å²) in [5.41, 5.74) is 18.0. The van der Waals surface area contributed by atoms with Crippen molar-refractivity contribution < 1.29 is 126 Å². The van der Waals surface area contributed by atoms with Gasteiger partial charge in [-0.1, -0.05) is 82.7 Å². The van der Waals surface area contributed by atoms with Gasteiger partial charge in [0.1, 0.15) is 72.6 Å². The van der Waals surface area contributed by atoms with Gasteiger partial charge in [0.05, 0.1) is 51.8 Å². The minimum Gasteiger partial charge on any atom is -0.481 e. The van der Waals surface area contributed by atoms with Crippen LogP contribution in [0.3, 0.4) is 0 Å². The Bertz CT molecular complexity index is 4060. The maximum atomic E-state index is 14.8. The quantitative estimate of drug-likeness (QED) is 0.0113. The van der Waals surface area contributed by atoms with Gasteiger partial charge >= 0.3 is 35.9 Å². The molecule has 636 valence electrons. The number of ether oxygens (including phenoxy) is 1. The highest BCUT2D eigenvalue weighted by Gasteiger charge is 2.41. The SMILES string of the molecule is CCCCCCCCCNC(=O)NC(Cc1c[nH]c2ccccc12)C(=O)NC(CC(N)=O)C(=O)NC(CC(=O)O)C(=O)NC1C(=O)NCC(=O)NC(CCCN)C(=O)NC(CC(=O)O)C(=O)NC(C)C(=O)NC(CC(=O)O)C(=O)NCC(=O)NC(CO)C(=O)NC(C(C)CC(=O)O)C(=O)NC(CC(=O)c2ccccc2N)C(=O)OC1C. The van der Waals surface area contributed by atoms with Crippen LogP contribution in [0.25, 0.3) is 10.9 Å². The van der Waals surface area contributed by atoms with Crippen LogP contribution in [0, 0.1) is 5.92 Å². The van der Waals surface area contributed by atoms with E-state index in [1.165, 1.54) is 24.3 Å². The number of aromatic amines is 1. The summed E-state index contributed by atoms with van der Waals surface area (Å²) in [6.45, 7) is 1.31. The molecular weight excluding hydrogens is 1530 g/mol. The Morgan fingerprint density at radius 2 is 1.09 bits per heavy atom. The predicted molar refractivity (Wildman–Crippen MR) is 404 cm³/mol. The third kappa shape index (κ3) is 32.7. The van der Waals surface area contributed by atoms with Gasteiger partial charge in [-0.25, -0.2) is 9.59 Å². The van der Waals surface area contributed by atoms with Crippen molar-refractivity contribution >= 4 is 135 Å². The maximum absolute atomic E-state index is 14.8. The van der Waals surface area contributed by atoms with E-state index >= 15 is 0 Å². The van der Waals surface area contributed by atoms with Crippen molar-refractivity contribution in [2.45, 2.75) is 203 Å². The van der Waals surface area contributed by atoms with Gasteiger partial charge in [-0.05, 0) is 69.3 Å². The summed E-state index contributed by atoms with van der Waals surface area (Å²) >= 11 is 0. The fraction of sp³-hybridized carbons (Fsp3) is 0.528. The highest BCUT2D eigenvalue weighted by molar-refractivity contribution is 6.05. The molecule has 1 aliphatic rings. The summed E-state index contributed by atoms with van der Waals surface area (Å²) in [5, 5.41) is 81.2. The summed E-state index contributed by atoms with van der Waals surface area (Å²) < 4.78 is 5.68. The number of nitrogens with one attached hydrogen (secondary N) is 15. The second-order valence-corrected chi connectivity index (χ2v) is 27.3.